The molecule has 0 saturated carbocycles. The zero-order valence-electron chi connectivity index (χ0n) is 9.18. The van der Waals surface area contributed by atoms with Crippen molar-refractivity contribution in [3.63, 3.8) is 0 Å². The summed E-state index contributed by atoms with van der Waals surface area (Å²) in [5.74, 6) is 2.77. The molecule has 3 heteroatoms. The molecule has 0 aromatic carbocycles. The predicted octanol–water partition coefficient (Wildman–Crippen LogP) is 0.858. The van der Waals surface area contributed by atoms with Crippen molar-refractivity contribution in [2.75, 3.05) is 27.2 Å². The molecule has 0 atom stereocenters. The molecule has 1 amide bonds. The van der Waals surface area contributed by atoms with Crippen molar-refractivity contribution >= 4 is 5.91 Å². The summed E-state index contributed by atoms with van der Waals surface area (Å²) in [5, 5.41) is 3.21. The van der Waals surface area contributed by atoms with Crippen molar-refractivity contribution in [1.82, 2.24) is 10.2 Å². The highest BCUT2D eigenvalue weighted by Crippen LogP contribution is 1.91. The van der Waals surface area contributed by atoms with Gasteiger partial charge in [0.2, 0.25) is 5.91 Å². The van der Waals surface area contributed by atoms with E-state index in [1.165, 1.54) is 0 Å². The van der Waals surface area contributed by atoms with Gasteiger partial charge in [-0.3, -0.25) is 4.79 Å². The molecular formula is C11H20N2O. The predicted molar refractivity (Wildman–Crippen MR) is 58.9 cm³/mol. The summed E-state index contributed by atoms with van der Waals surface area (Å²) >= 11 is 0. The number of terminal acetylenes is 1. The van der Waals surface area contributed by atoms with Gasteiger partial charge in [0.1, 0.15) is 0 Å². The van der Waals surface area contributed by atoms with Crippen LogP contribution in [0.2, 0.25) is 0 Å². The third-order valence-corrected chi connectivity index (χ3v) is 1.94. The lowest BCUT2D eigenvalue weighted by Gasteiger charge is -2.10. The Bertz CT molecular complexity index is 194. The van der Waals surface area contributed by atoms with Crippen LogP contribution in [0.25, 0.3) is 0 Å². The van der Waals surface area contributed by atoms with Crippen LogP contribution in [0.5, 0.6) is 0 Å². The molecule has 0 saturated heterocycles. The second-order valence-electron chi connectivity index (χ2n) is 3.45. The van der Waals surface area contributed by atoms with Crippen LogP contribution in [0.15, 0.2) is 0 Å². The molecule has 0 rings (SSSR count). The van der Waals surface area contributed by atoms with E-state index in [2.05, 4.69) is 11.2 Å². The van der Waals surface area contributed by atoms with E-state index in [4.69, 9.17) is 6.42 Å². The molecule has 0 fully saturated rings. The van der Waals surface area contributed by atoms with E-state index in [9.17, 15) is 4.79 Å². The highest BCUT2D eigenvalue weighted by molar-refractivity contribution is 5.75. The lowest BCUT2D eigenvalue weighted by atomic mass is 10.2. The molecule has 14 heavy (non-hydrogen) atoms. The average molecular weight is 196 g/mol. The van der Waals surface area contributed by atoms with Crippen LogP contribution in [0.4, 0.5) is 0 Å². The zero-order valence-corrected chi connectivity index (χ0v) is 9.18. The molecular weight excluding hydrogens is 176 g/mol. The van der Waals surface area contributed by atoms with E-state index in [0.29, 0.717) is 6.42 Å². The van der Waals surface area contributed by atoms with Gasteiger partial charge in [0, 0.05) is 33.5 Å². The van der Waals surface area contributed by atoms with Crippen LogP contribution in [-0.2, 0) is 4.79 Å². The number of amides is 1. The smallest absolute Gasteiger partial charge is 0.223 e. The van der Waals surface area contributed by atoms with Gasteiger partial charge in [0.25, 0.3) is 0 Å². The van der Waals surface area contributed by atoms with Crippen molar-refractivity contribution in [3.05, 3.63) is 0 Å². The van der Waals surface area contributed by atoms with Crippen molar-refractivity contribution < 1.29 is 4.79 Å². The number of nitrogens with one attached hydrogen (secondary N) is 1. The molecule has 0 aliphatic carbocycles. The summed E-state index contributed by atoms with van der Waals surface area (Å²) < 4.78 is 0. The van der Waals surface area contributed by atoms with Crippen molar-refractivity contribution in [3.8, 4) is 12.3 Å². The maximum absolute atomic E-state index is 11.1. The topological polar surface area (TPSA) is 32.3 Å². The summed E-state index contributed by atoms with van der Waals surface area (Å²) in [6.45, 7) is 1.70. The normalized spacial score (nSPS) is 9.50. The lowest BCUT2D eigenvalue weighted by molar-refractivity contribution is -0.128. The van der Waals surface area contributed by atoms with E-state index in [-0.39, 0.29) is 5.91 Å². The molecule has 1 N–H and O–H groups in total. The Kier molecular flexibility index (Phi) is 7.96. The maximum Gasteiger partial charge on any atom is 0.223 e. The second-order valence-corrected chi connectivity index (χ2v) is 3.45. The minimum atomic E-state index is 0.168. The first-order chi connectivity index (χ1) is 6.68. The van der Waals surface area contributed by atoms with E-state index in [0.717, 1.165) is 32.4 Å². The number of carbonyl (C=O) groups excluding carboxylic acids is 1. The highest BCUT2D eigenvalue weighted by Gasteiger charge is 2.01. The van der Waals surface area contributed by atoms with E-state index >= 15 is 0 Å². The fourth-order valence-corrected chi connectivity index (χ4v) is 1.02. The lowest BCUT2D eigenvalue weighted by Crippen LogP contribution is -2.27. The molecule has 0 aromatic heterocycles. The first-order valence-electron chi connectivity index (χ1n) is 5.03. The van der Waals surface area contributed by atoms with Gasteiger partial charge in [-0.1, -0.05) is 0 Å². The monoisotopic (exact) mass is 196 g/mol. The van der Waals surface area contributed by atoms with Gasteiger partial charge in [0.15, 0.2) is 0 Å². The van der Waals surface area contributed by atoms with Crippen LogP contribution in [0.1, 0.15) is 25.7 Å². The summed E-state index contributed by atoms with van der Waals surface area (Å²) in [7, 11) is 3.55. The Morgan fingerprint density at radius 2 is 2.07 bits per heavy atom. The Labute approximate surface area is 86.9 Å². The Morgan fingerprint density at radius 3 is 2.64 bits per heavy atom. The molecule has 3 nitrogen and oxygen atoms in total. The fourth-order valence-electron chi connectivity index (χ4n) is 1.02. The van der Waals surface area contributed by atoms with Crippen LogP contribution in [0.3, 0.4) is 0 Å². The number of rotatable bonds is 7. The molecule has 0 aliphatic heterocycles. The van der Waals surface area contributed by atoms with Gasteiger partial charge in [-0.2, -0.15) is 0 Å². The van der Waals surface area contributed by atoms with Gasteiger partial charge < -0.3 is 10.2 Å². The molecule has 0 unspecified atom stereocenters. The molecule has 0 radical (unpaired) electrons. The Morgan fingerprint density at radius 1 is 1.36 bits per heavy atom. The van der Waals surface area contributed by atoms with Crippen molar-refractivity contribution in [2.24, 2.45) is 0 Å². The van der Waals surface area contributed by atoms with Crippen molar-refractivity contribution in [1.29, 1.82) is 0 Å². The van der Waals surface area contributed by atoms with Crippen LogP contribution in [-0.4, -0.2) is 38.0 Å². The number of nitrogens with zero attached hydrogens (tertiary/aromatic N) is 1. The Hall–Kier alpha value is -1.01. The van der Waals surface area contributed by atoms with Crippen LogP contribution >= 0.6 is 0 Å². The number of unbranched alkanes of at least 4 members (excludes halogenated alkanes) is 2. The first kappa shape index (κ1) is 13.0. The quantitative estimate of drug-likeness (QED) is 0.484. The zero-order chi connectivity index (χ0) is 10.8. The molecule has 0 heterocycles. The number of carbonyl (C=O) groups is 1. The fraction of sp³-hybridized carbons (Fsp3) is 0.727. The minimum Gasteiger partial charge on any atom is -0.349 e. The maximum atomic E-state index is 11.1. The van der Waals surface area contributed by atoms with E-state index in [1.54, 1.807) is 19.0 Å². The summed E-state index contributed by atoms with van der Waals surface area (Å²) in [6.07, 6.45) is 8.68. The number of hydrogen-bond acceptors (Lipinski definition) is 2. The second kappa shape index (κ2) is 8.58. The summed E-state index contributed by atoms with van der Waals surface area (Å²) in [4.78, 5) is 12.7. The summed E-state index contributed by atoms with van der Waals surface area (Å²) in [5.41, 5.74) is 0. The Balaban J connectivity index is 3.14. The molecule has 0 aromatic rings. The van der Waals surface area contributed by atoms with E-state index in [1.807, 2.05) is 0 Å². The SMILES string of the molecule is C#CCCCCNCCC(=O)N(C)C. The van der Waals surface area contributed by atoms with Crippen LogP contribution < -0.4 is 5.32 Å². The van der Waals surface area contributed by atoms with Gasteiger partial charge >= 0.3 is 0 Å². The van der Waals surface area contributed by atoms with Gasteiger partial charge in [-0.15, -0.1) is 12.3 Å². The van der Waals surface area contributed by atoms with Gasteiger partial charge in [-0.25, -0.2) is 0 Å². The summed E-state index contributed by atoms with van der Waals surface area (Å²) in [6, 6.07) is 0. The van der Waals surface area contributed by atoms with Gasteiger partial charge in [-0.05, 0) is 19.4 Å². The average Bonchev–Trinajstić information content (AvgIpc) is 2.16. The van der Waals surface area contributed by atoms with E-state index < -0.39 is 0 Å². The minimum absolute atomic E-state index is 0.168. The molecule has 0 spiro atoms. The standard InChI is InChI=1S/C11H20N2O/c1-4-5-6-7-9-12-10-8-11(14)13(2)3/h1,12H,5-10H2,2-3H3. The van der Waals surface area contributed by atoms with Gasteiger partial charge in [0.05, 0.1) is 0 Å². The molecule has 80 valence electrons. The molecule has 0 aliphatic rings. The van der Waals surface area contributed by atoms with Crippen LogP contribution in [0, 0.1) is 12.3 Å². The highest BCUT2D eigenvalue weighted by atomic mass is 16.2. The largest absolute Gasteiger partial charge is 0.349 e. The third-order valence-electron chi connectivity index (χ3n) is 1.94. The van der Waals surface area contributed by atoms with Crippen molar-refractivity contribution in [2.45, 2.75) is 25.7 Å². The molecule has 0 bridgehead atoms. The third kappa shape index (κ3) is 7.63. The number of hydrogen-bond donors (Lipinski definition) is 1. The first-order valence-corrected chi connectivity index (χ1v) is 5.03.